The molecule has 1 rings (SSSR count). The van der Waals surface area contributed by atoms with Gasteiger partial charge in [0.15, 0.2) is 0 Å². The molecule has 0 aromatic carbocycles. The Labute approximate surface area is 143 Å². The minimum atomic E-state index is -0.472. The highest BCUT2D eigenvalue weighted by Crippen LogP contribution is 2.26. The van der Waals surface area contributed by atoms with Crippen molar-refractivity contribution in [3.63, 3.8) is 0 Å². The molecule has 6 nitrogen and oxygen atoms in total. The van der Waals surface area contributed by atoms with E-state index in [2.05, 4.69) is 41.6 Å². The number of carbonyl (C=O) groups excluding carboxylic acids is 1. The molecule has 3 N–H and O–H groups in total. The summed E-state index contributed by atoms with van der Waals surface area (Å²) in [5.74, 6) is 0.145. The molecule has 0 radical (unpaired) electrons. The molecule has 0 bridgehead atoms. The molecule has 0 fully saturated rings. The Bertz CT molecular complexity index is 520. The smallest absolute Gasteiger partial charge is 0.315 e. The average molecular weight is 343 g/mol. The monoisotopic (exact) mass is 342 g/mol. The van der Waals surface area contributed by atoms with Gasteiger partial charge in [-0.3, -0.25) is 0 Å². The highest BCUT2D eigenvalue weighted by molar-refractivity contribution is 7.11. The summed E-state index contributed by atoms with van der Waals surface area (Å²) in [6.45, 7) is 14.8. The van der Waals surface area contributed by atoms with Gasteiger partial charge in [-0.1, -0.05) is 59.8 Å². The second kappa shape index (κ2) is 7.57. The summed E-state index contributed by atoms with van der Waals surface area (Å²) in [5, 5.41) is 25.8. The van der Waals surface area contributed by atoms with Crippen LogP contribution in [0, 0.1) is 11.3 Å². The fourth-order valence-electron chi connectivity index (χ4n) is 2.16. The first-order valence-corrected chi connectivity index (χ1v) is 8.78. The third-order valence-electron chi connectivity index (χ3n) is 3.65. The number of aliphatic hydroxyl groups excluding tert-OH is 1. The maximum Gasteiger partial charge on any atom is 0.315 e. The van der Waals surface area contributed by atoms with Gasteiger partial charge in [0.05, 0.1) is 12.6 Å². The van der Waals surface area contributed by atoms with Crippen molar-refractivity contribution < 1.29 is 9.90 Å². The Hall–Kier alpha value is -1.21. The third-order valence-corrected chi connectivity index (χ3v) is 4.99. The highest BCUT2D eigenvalue weighted by Gasteiger charge is 2.30. The molecule has 0 spiro atoms. The van der Waals surface area contributed by atoms with E-state index in [0.717, 1.165) is 10.0 Å². The molecule has 0 aliphatic heterocycles. The van der Waals surface area contributed by atoms with Gasteiger partial charge < -0.3 is 15.7 Å². The number of nitrogens with zero attached hydrogens (tertiary/aromatic N) is 2. The van der Waals surface area contributed by atoms with E-state index in [-0.39, 0.29) is 22.8 Å². The van der Waals surface area contributed by atoms with Crippen LogP contribution in [0.1, 0.15) is 58.5 Å². The largest absolute Gasteiger partial charge is 0.392 e. The summed E-state index contributed by atoms with van der Waals surface area (Å²) < 4.78 is 0. The number of hydrogen-bond donors (Lipinski definition) is 3. The number of aromatic nitrogens is 2. The topological polar surface area (TPSA) is 87.1 Å². The number of urea groups is 1. The van der Waals surface area contributed by atoms with Crippen LogP contribution in [0.4, 0.5) is 4.79 Å². The van der Waals surface area contributed by atoms with E-state index in [1.165, 1.54) is 11.3 Å². The first-order valence-electron chi connectivity index (χ1n) is 7.96. The van der Waals surface area contributed by atoms with Gasteiger partial charge in [-0.15, -0.1) is 10.2 Å². The zero-order valence-corrected chi connectivity index (χ0v) is 16.0. The van der Waals surface area contributed by atoms with E-state index in [4.69, 9.17) is 0 Å². The molecule has 7 heteroatoms. The molecule has 1 atom stereocenters. The number of aliphatic hydroxyl groups is 1. The number of amides is 2. The van der Waals surface area contributed by atoms with Gasteiger partial charge in [-0.25, -0.2) is 4.79 Å². The minimum Gasteiger partial charge on any atom is -0.392 e. The molecular weight excluding hydrogens is 312 g/mol. The summed E-state index contributed by atoms with van der Waals surface area (Å²) in [7, 11) is 0. The van der Waals surface area contributed by atoms with Crippen molar-refractivity contribution >= 4 is 17.4 Å². The maximum atomic E-state index is 11.9. The normalized spacial score (nSPS) is 14.0. The first-order chi connectivity index (χ1) is 10.4. The Morgan fingerprint density at radius 3 is 2.26 bits per heavy atom. The van der Waals surface area contributed by atoms with Crippen LogP contribution in [0.5, 0.6) is 0 Å². The summed E-state index contributed by atoms with van der Waals surface area (Å²) in [6, 6.07) is -0.262. The van der Waals surface area contributed by atoms with Crippen molar-refractivity contribution in [1.82, 2.24) is 20.8 Å². The van der Waals surface area contributed by atoms with Crippen molar-refractivity contribution in [3.8, 4) is 0 Å². The van der Waals surface area contributed by atoms with Gasteiger partial charge in [-0.2, -0.15) is 0 Å². The molecule has 0 unspecified atom stereocenters. The number of rotatable bonds is 6. The summed E-state index contributed by atoms with van der Waals surface area (Å²) in [5.41, 5.74) is -0.414. The SMILES string of the molecule is CC(C)[C@H](O)C(C)(C)CNC(=O)NCc1nnc(C(C)(C)C)s1. The van der Waals surface area contributed by atoms with Gasteiger partial charge in [0.25, 0.3) is 0 Å². The molecule has 0 saturated carbocycles. The molecule has 0 saturated heterocycles. The number of hydrogen-bond acceptors (Lipinski definition) is 5. The molecule has 23 heavy (non-hydrogen) atoms. The van der Waals surface area contributed by atoms with Crippen LogP contribution in [0.25, 0.3) is 0 Å². The molecule has 1 aromatic rings. The molecule has 1 aromatic heterocycles. The Morgan fingerprint density at radius 2 is 1.78 bits per heavy atom. The first kappa shape index (κ1) is 19.8. The predicted molar refractivity (Wildman–Crippen MR) is 93.5 cm³/mol. The Kier molecular flexibility index (Phi) is 6.53. The number of nitrogens with one attached hydrogen (secondary N) is 2. The van der Waals surface area contributed by atoms with E-state index in [9.17, 15) is 9.90 Å². The standard InChI is InChI=1S/C16H30N4O2S/c1-10(2)12(21)16(6,7)9-18-14(22)17-8-11-19-20-13(23-11)15(3,4)5/h10,12,21H,8-9H2,1-7H3,(H2,17,18,22)/t12-/m0/s1. The highest BCUT2D eigenvalue weighted by atomic mass is 32.1. The molecular formula is C16H30N4O2S. The van der Waals surface area contributed by atoms with Crippen molar-refractivity contribution in [1.29, 1.82) is 0 Å². The molecule has 0 aliphatic carbocycles. The Morgan fingerprint density at radius 1 is 1.17 bits per heavy atom. The van der Waals surface area contributed by atoms with Crippen molar-refractivity contribution in [2.75, 3.05) is 6.54 Å². The second-order valence-electron chi connectivity index (χ2n) is 7.96. The summed E-state index contributed by atoms with van der Waals surface area (Å²) >= 11 is 1.51. The fraction of sp³-hybridized carbons (Fsp3) is 0.812. The van der Waals surface area contributed by atoms with Crippen LogP contribution >= 0.6 is 11.3 Å². The molecule has 2 amide bonds. The Balaban J connectivity index is 2.45. The third kappa shape index (κ3) is 6.06. The lowest BCUT2D eigenvalue weighted by atomic mass is 9.81. The predicted octanol–water partition coefficient (Wildman–Crippen LogP) is 2.68. The fourth-order valence-corrected chi connectivity index (χ4v) is 3.00. The summed E-state index contributed by atoms with van der Waals surface area (Å²) in [6.07, 6.45) is -0.472. The van der Waals surface area contributed by atoms with Gasteiger partial charge in [-0.05, 0) is 5.92 Å². The van der Waals surface area contributed by atoms with E-state index in [0.29, 0.717) is 13.1 Å². The summed E-state index contributed by atoms with van der Waals surface area (Å²) in [4.78, 5) is 11.9. The van der Waals surface area contributed by atoms with E-state index in [1.807, 2.05) is 27.7 Å². The van der Waals surface area contributed by atoms with Crippen molar-refractivity contribution in [2.24, 2.45) is 11.3 Å². The molecule has 0 aliphatic rings. The quantitative estimate of drug-likeness (QED) is 0.742. The van der Waals surface area contributed by atoms with Crippen LogP contribution in [0.15, 0.2) is 0 Å². The van der Waals surface area contributed by atoms with Gasteiger partial charge in [0.2, 0.25) is 0 Å². The van der Waals surface area contributed by atoms with E-state index >= 15 is 0 Å². The van der Waals surface area contributed by atoms with Crippen LogP contribution in [0.3, 0.4) is 0 Å². The van der Waals surface area contributed by atoms with E-state index in [1.54, 1.807) is 0 Å². The van der Waals surface area contributed by atoms with Crippen LogP contribution in [-0.2, 0) is 12.0 Å². The maximum absolute atomic E-state index is 11.9. The minimum absolute atomic E-state index is 0.0326. The lowest BCUT2D eigenvalue weighted by molar-refractivity contribution is 0.0151. The van der Waals surface area contributed by atoms with Crippen LogP contribution in [-0.4, -0.2) is 34.0 Å². The zero-order chi connectivity index (χ0) is 17.8. The average Bonchev–Trinajstić information content (AvgIpc) is 2.91. The molecule has 132 valence electrons. The lowest BCUT2D eigenvalue weighted by Gasteiger charge is -2.33. The van der Waals surface area contributed by atoms with Gasteiger partial charge in [0, 0.05) is 17.4 Å². The second-order valence-corrected chi connectivity index (χ2v) is 9.03. The van der Waals surface area contributed by atoms with Crippen LogP contribution < -0.4 is 10.6 Å². The lowest BCUT2D eigenvalue weighted by Crippen LogP contribution is -2.46. The zero-order valence-electron chi connectivity index (χ0n) is 15.2. The van der Waals surface area contributed by atoms with Crippen molar-refractivity contribution in [2.45, 2.75) is 66.5 Å². The van der Waals surface area contributed by atoms with E-state index < -0.39 is 6.10 Å². The van der Waals surface area contributed by atoms with Gasteiger partial charge in [0.1, 0.15) is 10.0 Å². The van der Waals surface area contributed by atoms with Crippen molar-refractivity contribution in [3.05, 3.63) is 10.0 Å². The van der Waals surface area contributed by atoms with Gasteiger partial charge >= 0.3 is 6.03 Å². The number of carbonyl (C=O) groups is 1. The van der Waals surface area contributed by atoms with Crippen LogP contribution in [0.2, 0.25) is 0 Å². The molecule has 1 heterocycles.